The molecule has 2 aromatic rings. The van der Waals surface area contributed by atoms with Crippen LogP contribution < -0.4 is 10.2 Å². The van der Waals surface area contributed by atoms with E-state index in [1.165, 1.54) is 6.07 Å². The molecule has 0 spiro atoms. The lowest BCUT2D eigenvalue weighted by Crippen LogP contribution is -2.11. The highest BCUT2D eigenvalue weighted by Crippen LogP contribution is 2.42. The standard InChI is InChI=1S/C17H19BrFN3/c1-22(2)16-8-17(21-10-15(16)18)20-9-12-5-6-13(19)7-14(12)11-3-4-11/h5-8,10-11H,3-4,9H2,1-2H3,(H,20,21). The van der Waals surface area contributed by atoms with Crippen LogP contribution in [0.5, 0.6) is 0 Å². The van der Waals surface area contributed by atoms with Gasteiger partial charge in [0.05, 0.1) is 10.2 Å². The summed E-state index contributed by atoms with van der Waals surface area (Å²) in [5, 5.41) is 3.34. The number of hydrogen-bond acceptors (Lipinski definition) is 3. The monoisotopic (exact) mass is 363 g/mol. The van der Waals surface area contributed by atoms with Gasteiger partial charge in [0.1, 0.15) is 11.6 Å². The number of nitrogens with zero attached hydrogens (tertiary/aromatic N) is 2. The maximum absolute atomic E-state index is 13.4. The molecule has 1 N–H and O–H groups in total. The molecule has 0 saturated heterocycles. The van der Waals surface area contributed by atoms with Crippen LogP contribution in [-0.4, -0.2) is 19.1 Å². The Bertz CT molecular complexity index is 684. The topological polar surface area (TPSA) is 28.2 Å². The molecule has 1 aromatic heterocycles. The van der Waals surface area contributed by atoms with Gasteiger partial charge in [-0.25, -0.2) is 9.37 Å². The SMILES string of the molecule is CN(C)c1cc(NCc2ccc(F)cc2C2CC2)ncc1Br. The van der Waals surface area contributed by atoms with Crippen molar-refractivity contribution in [1.29, 1.82) is 0 Å². The van der Waals surface area contributed by atoms with Crippen molar-refractivity contribution in [2.45, 2.75) is 25.3 Å². The zero-order valence-electron chi connectivity index (χ0n) is 12.7. The molecular formula is C17H19BrFN3. The van der Waals surface area contributed by atoms with Crippen molar-refractivity contribution in [1.82, 2.24) is 4.98 Å². The van der Waals surface area contributed by atoms with Gasteiger partial charge < -0.3 is 10.2 Å². The summed E-state index contributed by atoms with van der Waals surface area (Å²) in [5.41, 5.74) is 3.36. The van der Waals surface area contributed by atoms with E-state index < -0.39 is 0 Å². The van der Waals surface area contributed by atoms with E-state index in [0.717, 1.165) is 39.9 Å². The molecule has 3 nitrogen and oxygen atoms in total. The van der Waals surface area contributed by atoms with E-state index in [4.69, 9.17) is 0 Å². The third kappa shape index (κ3) is 3.40. The van der Waals surface area contributed by atoms with Crippen LogP contribution in [0.1, 0.15) is 29.9 Å². The average molecular weight is 364 g/mol. The van der Waals surface area contributed by atoms with Crippen molar-refractivity contribution in [2.75, 3.05) is 24.3 Å². The number of aromatic nitrogens is 1. The van der Waals surface area contributed by atoms with Gasteiger partial charge in [0, 0.05) is 32.9 Å². The Morgan fingerprint density at radius 2 is 2.09 bits per heavy atom. The van der Waals surface area contributed by atoms with Gasteiger partial charge >= 0.3 is 0 Å². The smallest absolute Gasteiger partial charge is 0.128 e. The van der Waals surface area contributed by atoms with Gasteiger partial charge in [0.25, 0.3) is 0 Å². The number of rotatable bonds is 5. The lowest BCUT2D eigenvalue weighted by molar-refractivity contribution is 0.624. The fourth-order valence-corrected chi connectivity index (χ4v) is 3.13. The first-order chi connectivity index (χ1) is 10.5. The molecule has 1 saturated carbocycles. The summed E-state index contributed by atoms with van der Waals surface area (Å²) < 4.78 is 14.4. The van der Waals surface area contributed by atoms with Crippen LogP contribution >= 0.6 is 15.9 Å². The van der Waals surface area contributed by atoms with Gasteiger partial charge in [-0.05, 0) is 57.9 Å². The summed E-state index contributed by atoms with van der Waals surface area (Å²) in [7, 11) is 3.99. The lowest BCUT2D eigenvalue weighted by Gasteiger charge is -2.16. The van der Waals surface area contributed by atoms with Gasteiger partial charge in [0.15, 0.2) is 0 Å². The molecule has 1 aliphatic carbocycles. The Labute approximate surface area is 138 Å². The van der Waals surface area contributed by atoms with Crippen LogP contribution in [0.4, 0.5) is 15.9 Å². The maximum Gasteiger partial charge on any atom is 0.128 e. The zero-order chi connectivity index (χ0) is 15.7. The van der Waals surface area contributed by atoms with Crippen LogP contribution in [0, 0.1) is 5.82 Å². The summed E-state index contributed by atoms with van der Waals surface area (Å²) in [5.74, 6) is 1.20. The Hall–Kier alpha value is -1.62. The van der Waals surface area contributed by atoms with Crippen molar-refractivity contribution >= 4 is 27.4 Å². The van der Waals surface area contributed by atoms with E-state index in [1.807, 2.05) is 31.1 Å². The predicted molar refractivity (Wildman–Crippen MR) is 92.0 cm³/mol. The first kappa shape index (κ1) is 15.3. The number of anilines is 2. The first-order valence-corrected chi connectivity index (χ1v) is 8.19. The van der Waals surface area contributed by atoms with E-state index in [-0.39, 0.29) is 5.82 Å². The third-order valence-electron chi connectivity index (χ3n) is 3.90. The minimum absolute atomic E-state index is 0.151. The fraction of sp³-hybridized carbons (Fsp3) is 0.353. The molecule has 1 heterocycles. The Balaban J connectivity index is 1.77. The highest BCUT2D eigenvalue weighted by atomic mass is 79.9. The molecule has 0 bridgehead atoms. The quantitative estimate of drug-likeness (QED) is 0.845. The summed E-state index contributed by atoms with van der Waals surface area (Å²) in [4.78, 5) is 6.42. The number of pyridine rings is 1. The molecule has 0 unspecified atom stereocenters. The second-order valence-corrected chi connectivity index (χ2v) is 6.74. The van der Waals surface area contributed by atoms with Crippen molar-refractivity contribution < 1.29 is 4.39 Å². The Morgan fingerprint density at radius 1 is 1.32 bits per heavy atom. The minimum Gasteiger partial charge on any atom is -0.377 e. The summed E-state index contributed by atoms with van der Waals surface area (Å²) >= 11 is 3.50. The van der Waals surface area contributed by atoms with E-state index in [2.05, 4.69) is 26.2 Å². The summed E-state index contributed by atoms with van der Waals surface area (Å²) in [6.07, 6.45) is 4.12. The van der Waals surface area contributed by atoms with Crippen LogP contribution in [0.3, 0.4) is 0 Å². The second kappa shape index (κ2) is 6.24. The van der Waals surface area contributed by atoms with Gasteiger partial charge in [-0.3, -0.25) is 0 Å². The van der Waals surface area contributed by atoms with Crippen molar-refractivity contribution in [2.24, 2.45) is 0 Å². The van der Waals surface area contributed by atoms with E-state index in [0.29, 0.717) is 12.5 Å². The second-order valence-electron chi connectivity index (χ2n) is 5.89. The van der Waals surface area contributed by atoms with Crippen LogP contribution in [0.2, 0.25) is 0 Å². The van der Waals surface area contributed by atoms with E-state index in [1.54, 1.807) is 12.3 Å². The predicted octanol–water partition coefficient (Wildman–Crippen LogP) is 4.54. The minimum atomic E-state index is -0.151. The molecule has 0 atom stereocenters. The molecular weight excluding hydrogens is 345 g/mol. The van der Waals surface area contributed by atoms with Crippen molar-refractivity contribution in [3.8, 4) is 0 Å². The van der Waals surface area contributed by atoms with Crippen LogP contribution in [0.15, 0.2) is 34.9 Å². The summed E-state index contributed by atoms with van der Waals surface area (Å²) in [6.45, 7) is 0.660. The van der Waals surface area contributed by atoms with E-state index >= 15 is 0 Å². The third-order valence-corrected chi connectivity index (χ3v) is 4.51. The fourth-order valence-electron chi connectivity index (χ4n) is 2.55. The van der Waals surface area contributed by atoms with Gasteiger partial charge in [-0.15, -0.1) is 0 Å². The largest absolute Gasteiger partial charge is 0.377 e. The van der Waals surface area contributed by atoms with Gasteiger partial charge in [-0.2, -0.15) is 0 Å². The van der Waals surface area contributed by atoms with Crippen LogP contribution in [0.25, 0.3) is 0 Å². The number of nitrogens with one attached hydrogen (secondary N) is 1. The maximum atomic E-state index is 13.4. The normalized spacial score (nSPS) is 14.0. The summed E-state index contributed by atoms with van der Waals surface area (Å²) in [6, 6.07) is 7.09. The van der Waals surface area contributed by atoms with Crippen molar-refractivity contribution in [3.63, 3.8) is 0 Å². The molecule has 116 valence electrons. The Morgan fingerprint density at radius 3 is 2.77 bits per heavy atom. The van der Waals surface area contributed by atoms with Crippen molar-refractivity contribution in [3.05, 3.63) is 51.9 Å². The molecule has 1 aliphatic rings. The average Bonchev–Trinajstić information content (AvgIpc) is 3.31. The van der Waals surface area contributed by atoms with E-state index in [9.17, 15) is 4.39 Å². The number of halogens is 2. The molecule has 0 aliphatic heterocycles. The molecule has 5 heteroatoms. The van der Waals surface area contributed by atoms with Gasteiger partial charge in [-0.1, -0.05) is 6.07 Å². The Kier molecular flexibility index (Phi) is 4.34. The van der Waals surface area contributed by atoms with Gasteiger partial charge in [0.2, 0.25) is 0 Å². The molecule has 3 rings (SSSR count). The lowest BCUT2D eigenvalue weighted by atomic mass is 10.0. The number of benzene rings is 1. The first-order valence-electron chi connectivity index (χ1n) is 7.39. The molecule has 22 heavy (non-hydrogen) atoms. The molecule has 1 fully saturated rings. The molecule has 0 amide bonds. The zero-order valence-corrected chi connectivity index (χ0v) is 14.3. The highest BCUT2D eigenvalue weighted by Gasteiger charge is 2.26. The number of hydrogen-bond donors (Lipinski definition) is 1. The van der Waals surface area contributed by atoms with Crippen LogP contribution in [-0.2, 0) is 6.54 Å². The molecule has 0 radical (unpaired) electrons. The highest BCUT2D eigenvalue weighted by molar-refractivity contribution is 9.10. The molecule has 1 aromatic carbocycles.